The van der Waals surface area contributed by atoms with Crippen LogP contribution in [-0.2, 0) is 23.9 Å². The zero-order chi connectivity index (χ0) is 21.9. The predicted octanol–water partition coefficient (Wildman–Crippen LogP) is 3.54. The number of rotatable bonds is 6. The largest absolute Gasteiger partial charge is 0.496 e. The van der Waals surface area contributed by atoms with E-state index in [1.807, 2.05) is 0 Å². The number of benzene rings is 2. The van der Waals surface area contributed by atoms with E-state index < -0.39 is 22.9 Å². The molecule has 0 spiro atoms. The zero-order valence-corrected chi connectivity index (χ0v) is 16.5. The second-order valence-corrected chi connectivity index (χ2v) is 7.67. The Balaban J connectivity index is 1.68. The molecule has 1 aliphatic heterocycles. The molecular formula is C20H17F3N2O4S. The van der Waals surface area contributed by atoms with Crippen molar-refractivity contribution in [1.82, 2.24) is 10.6 Å². The minimum absolute atomic E-state index is 0.0693. The van der Waals surface area contributed by atoms with E-state index in [1.165, 1.54) is 7.11 Å². The third kappa shape index (κ3) is 5.12. The molecule has 0 aromatic heterocycles. The Morgan fingerprint density at radius 1 is 1.17 bits per heavy atom. The van der Waals surface area contributed by atoms with Gasteiger partial charge in [0.15, 0.2) is 0 Å². The average molecular weight is 438 g/mol. The van der Waals surface area contributed by atoms with Crippen molar-refractivity contribution in [3.8, 4) is 5.75 Å². The smallest absolute Gasteiger partial charge is 0.416 e. The fourth-order valence-electron chi connectivity index (χ4n) is 2.93. The van der Waals surface area contributed by atoms with Gasteiger partial charge < -0.3 is 10.1 Å². The number of imide groups is 1. The molecule has 0 radical (unpaired) electrons. The number of carbonyl (C=O) groups is 3. The second kappa shape index (κ2) is 8.78. The van der Waals surface area contributed by atoms with Crippen LogP contribution in [0.4, 0.5) is 18.0 Å². The van der Waals surface area contributed by atoms with Gasteiger partial charge in [-0.3, -0.25) is 19.7 Å². The van der Waals surface area contributed by atoms with Crippen LogP contribution in [0, 0.1) is 0 Å². The third-order valence-corrected chi connectivity index (χ3v) is 5.43. The molecule has 0 bridgehead atoms. The first-order valence-corrected chi connectivity index (χ1v) is 9.68. The summed E-state index contributed by atoms with van der Waals surface area (Å²) in [6.45, 7) is 0.0693. The Morgan fingerprint density at radius 3 is 2.43 bits per heavy atom. The number of halogens is 3. The van der Waals surface area contributed by atoms with Gasteiger partial charge in [0.2, 0.25) is 5.91 Å². The molecular weight excluding hydrogens is 421 g/mol. The third-order valence-electron chi connectivity index (χ3n) is 4.45. The van der Waals surface area contributed by atoms with Gasteiger partial charge in [0.05, 0.1) is 17.9 Å². The Hall–Kier alpha value is -3.01. The van der Waals surface area contributed by atoms with Gasteiger partial charge in [-0.25, -0.2) is 0 Å². The lowest BCUT2D eigenvalue weighted by molar-refractivity contribution is -0.137. The molecule has 0 saturated carbocycles. The summed E-state index contributed by atoms with van der Waals surface area (Å²) in [6.07, 6.45) is -4.14. The maximum atomic E-state index is 12.6. The van der Waals surface area contributed by atoms with Gasteiger partial charge in [-0.2, -0.15) is 13.2 Å². The minimum Gasteiger partial charge on any atom is -0.496 e. The molecule has 2 aromatic carbocycles. The van der Waals surface area contributed by atoms with Crippen LogP contribution in [0.3, 0.4) is 0 Å². The molecule has 1 unspecified atom stereocenters. The normalized spacial score (nSPS) is 16.3. The lowest BCUT2D eigenvalue weighted by Gasteiger charge is -2.13. The Labute approximate surface area is 174 Å². The van der Waals surface area contributed by atoms with Crippen molar-refractivity contribution < 1.29 is 32.3 Å². The molecule has 6 nitrogen and oxygen atoms in total. The van der Waals surface area contributed by atoms with Crippen LogP contribution >= 0.6 is 11.8 Å². The van der Waals surface area contributed by atoms with E-state index in [2.05, 4.69) is 10.6 Å². The number of amides is 3. The van der Waals surface area contributed by atoms with Crippen LogP contribution in [-0.4, -0.2) is 29.4 Å². The number of ether oxygens (including phenoxy) is 1. The first kappa shape index (κ1) is 21.7. The van der Waals surface area contributed by atoms with Crippen LogP contribution in [0.25, 0.3) is 0 Å². The number of nitrogens with one attached hydrogen (secondary N) is 2. The van der Waals surface area contributed by atoms with E-state index in [9.17, 15) is 27.6 Å². The van der Waals surface area contributed by atoms with Crippen LogP contribution in [0.2, 0.25) is 0 Å². The van der Waals surface area contributed by atoms with Gasteiger partial charge in [0.25, 0.3) is 11.1 Å². The summed E-state index contributed by atoms with van der Waals surface area (Å²) in [5.41, 5.74) is 0.665. The van der Waals surface area contributed by atoms with Gasteiger partial charge in [-0.05, 0) is 42.3 Å². The summed E-state index contributed by atoms with van der Waals surface area (Å²) >= 11 is 0.922. The first-order valence-electron chi connectivity index (χ1n) is 8.80. The van der Waals surface area contributed by atoms with Crippen LogP contribution in [0.5, 0.6) is 5.75 Å². The molecule has 158 valence electrons. The Kier molecular flexibility index (Phi) is 6.35. The summed E-state index contributed by atoms with van der Waals surface area (Å²) in [5, 5.41) is 3.96. The molecule has 3 amide bonds. The quantitative estimate of drug-likeness (QED) is 0.721. The van der Waals surface area contributed by atoms with Crippen molar-refractivity contribution in [2.24, 2.45) is 0 Å². The molecule has 2 N–H and O–H groups in total. The summed E-state index contributed by atoms with van der Waals surface area (Å²) < 4.78 is 43.2. The summed E-state index contributed by atoms with van der Waals surface area (Å²) in [7, 11) is 1.47. The van der Waals surface area contributed by atoms with Crippen molar-refractivity contribution in [3.05, 3.63) is 64.7 Å². The molecule has 0 aliphatic carbocycles. The monoisotopic (exact) mass is 438 g/mol. The molecule has 1 heterocycles. The SMILES string of the molecule is COc1ccc(CC2SC(=O)NC2=O)cc1CNC(=O)c1ccc(C(F)(F)F)cc1. The first-order chi connectivity index (χ1) is 14.2. The molecule has 2 aromatic rings. The summed E-state index contributed by atoms with van der Waals surface area (Å²) in [6, 6.07) is 9.12. The Morgan fingerprint density at radius 2 is 1.87 bits per heavy atom. The topological polar surface area (TPSA) is 84.5 Å². The number of thioether (sulfide) groups is 1. The molecule has 1 atom stereocenters. The van der Waals surface area contributed by atoms with Crippen molar-refractivity contribution in [3.63, 3.8) is 0 Å². The maximum Gasteiger partial charge on any atom is 0.416 e. The van der Waals surface area contributed by atoms with Gasteiger partial charge >= 0.3 is 6.18 Å². The second-order valence-electron chi connectivity index (χ2n) is 6.49. The molecule has 10 heteroatoms. The van der Waals surface area contributed by atoms with Crippen LogP contribution in [0.1, 0.15) is 27.0 Å². The maximum absolute atomic E-state index is 12.6. The fraction of sp³-hybridized carbons (Fsp3) is 0.250. The highest BCUT2D eigenvalue weighted by Gasteiger charge is 2.32. The minimum atomic E-state index is -4.47. The van der Waals surface area contributed by atoms with Crippen LogP contribution < -0.4 is 15.4 Å². The van der Waals surface area contributed by atoms with Crippen molar-refractivity contribution in [1.29, 1.82) is 0 Å². The van der Waals surface area contributed by atoms with E-state index in [0.717, 1.165) is 41.6 Å². The van der Waals surface area contributed by atoms with E-state index in [4.69, 9.17) is 4.74 Å². The predicted molar refractivity (Wildman–Crippen MR) is 104 cm³/mol. The van der Waals surface area contributed by atoms with Gasteiger partial charge in [0, 0.05) is 17.7 Å². The highest BCUT2D eigenvalue weighted by Crippen LogP contribution is 2.29. The van der Waals surface area contributed by atoms with E-state index in [-0.39, 0.29) is 23.3 Å². The van der Waals surface area contributed by atoms with E-state index in [0.29, 0.717) is 17.7 Å². The van der Waals surface area contributed by atoms with Crippen LogP contribution in [0.15, 0.2) is 42.5 Å². The molecule has 30 heavy (non-hydrogen) atoms. The van der Waals surface area contributed by atoms with E-state index in [1.54, 1.807) is 18.2 Å². The highest BCUT2D eigenvalue weighted by molar-refractivity contribution is 8.15. The lowest BCUT2D eigenvalue weighted by Crippen LogP contribution is -2.25. The summed E-state index contributed by atoms with van der Waals surface area (Å²) in [4.78, 5) is 35.4. The van der Waals surface area contributed by atoms with Gasteiger partial charge in [-0.1, -0.05) is 23.9 Å². The Bertz CT molecular complexity index is 977. The number of hydrogen-bond acceptors (Lipinski definition) is 5. The molecule has 1 aliphatic rings. The number of alkyl halides is 3. The number of hydrogen-bond donors (Lipinski definition) is 2. The van der Waals surface area contributed by atoms with Crippen molar-refractivity contribution >= 4 is 28.8 Å². The van der Waals surface area contributed by atoms with Crippen molar-refractivity contribution in [2.75, 3.05) is 7.11 Å². The van der Waals surface area contributed by atoms with Gasteiger partial charge in [0.1, 0.15) is 5.75 Å². The van der Waals surface area contributed by atoms with E-state index >= 15 is 0 Å². The number of methoxy groups -OCH3 is 1. The molecule has 1 saturated heterocycles. The molecule has 1 fully saturated rings. The lowest BCUT2D eigenvalue weighted by atomic mass is 10.0. The summed E-state index contributed by atoms with van der Waals surface area (Å²) in [5.74, 6) is -0.378. The molecule has 3 rings (SSSR count). The zero-order valence-electron chi connectivity index (χ0n) is 15.7. The number of carbonyl (C=O) groups excluding carboxylic acids is 3. The van der Waals surface area contributed by atoms with Gasteiger partial charge in [-0.15, -0.1) is 0 Å². The average Bonchev–Trinajstić information content (AvgIpc) is 3.02. The van der Waals surface area contributed by atoms with Crippen molar-refractivity contribution in [2.45, 2.75) is 24.4 Å². The standard InChI is InChI=1S/C20H17F3N2O4S/c1-29-15-7-2-11(9-16-18(27)25-19(28)30-16)8-13(15)10-24-17(26)12-3-5-14(6-4-12)20(21,22)23/h2-8,16H,9-10H2,1H3,(H,24,26)(H,25,27,28). The fourth-order valence-corrected chi connectivity index (χ4v) is 3.79. The highest BCUT2D eigenvalue weighted by atomic mass is 32.2.